The van der Waals surface area contributed by atoms with Gasteiger partial charge in [0, 0.05) is 6.54 Å². The molecular weight excluding hydrogens is 396 g/mol. The summed E-state index contributed by atoms with van der Waals surface area (Å²) in [5.41, 5.74) is 2.17. The Hall–Kier alpha value is -2.93. The van der Waals surface area contributed by atoms with Crippen LogP contribution in [0.25, 0.3) is 21.8 Å². The Morgan fingerprint density at radius 3 is 2.60 bits per heavy atom. The van der Waals surface area contributed by atoms with Crippen LogP contribution in [0.4, 0.5) is 0 Å². The van der Waals surface area contributed by atoms with Crippen molar-refractivity contribution in [3.05, 3.63) is 74.6 Å². The molecule has 0 bridgehead atoms. The van der Waals surface area contributed by atoms with Crippen molar-refractivity contribution in [1.82, 2.24) is 19.5 Å². The Kier molecular flexibility index (Phi) is 5.72. The second-order valence-corrected chi connectivity index (χ2v) is 8.77. The molecule has 154 valence electrons. The van der Waals surface area contributed by atoms with Gasteiger partial charge in [-0.3, -0.25) is 14.2 Å². The highest BCUT2D eigenvalue weighted by Crippen LogP contribution is 2.22. The molecule has 1 N–H and O–H groups in total. The van der Waals surface area contributed by atoms with E-state index in [-0.39, 0.29) is 11.1 Å². The van der Waals surface area contributed by atoms with Crippen LogP contribution in [0.15, 0.2) is 57.2 Å². The minimum atomic E-state index is -0.150. The molecular formula is C23H24N4O2S. The molecule has 6 nitrogen and oxygen atoms in total. The summed E-state index contributed by atoms with van der Waals surface area (Å²) in [6, 6.07) is 13.0. The fraction of sp³-hybridized carbons (Fsp3) is 0.304. The summed E-state index contributed by atoms with van der Waals surface area (Å²) >= 11 is 1.42. The van der Waals surface area contributed by atoms with Gasteiger partial charge in [0.2, 0.25) is 0 Å². The van der Waals surface area contributed by atoms with E-state index < -0.39 is 0 Å². The molecule has 2 heterocycles. The average molecular weight is 421 g/mol. The smallest absolute Gasteiger partial charge is 0.262 e. The zero-order chi connectivity index (χ0) is 21.3. The van der Waals surface area contributed by atoms with E-state index in [9.17, 15) is 9.59 Å². The molecule has 0 spiro atoms. The van der Waals surface area contributed by atoms with Crippen LogP contribution in [0.1, 0.15) is 31.7 Å². The Labute approximate surface area is 178 Å². The van der Waals surface area contributed by atoms with Gasteiger partial charge in [-0.2, -0.15) is 0 Å². The summed E-state index contributed by atoms with van der Waals surface area (Å²) in [7, 11) is 0. The van der Waals surface area contributed by atoms with Crippen molar-refractivity contribution in [3.8, 4) is 0 Å². The minimum absolute atomic E-state index is 0.0282. The highest BCUT2D eigenvalue weighted by atomic mass is 32.2. The van der Waals surface area contributed by atoms with Gasteiger partial charge in [0.1, 0.15) is 5.82 Å². The third-order valence-corrected chi connectivity index (χ3v) is 6.07. The van der Waals surface area contributed by atoms with Crippen molar-refractivity contribution < 1.29 is 0 Å². The van der Waals surface area contributed by atoms with E-state index in [2.05, 4.69) is 23.8 Å². The highest BCUT2D eigenvalue weighted by Gasteiger charge is 2.13. The lowest BCUT2D eigenvalue weighted by molar-refractivity contribution is 0.481. The Bertz CT molecular complexity index is 1340. The Morgan fingerprint density at radius 1 is 1.03 bits per heavy atom. The van der Waals surface area contributed by atoms with Crippen LogP contribution in [0.3, 0.4) is 0 Å². The number of fused-ring (bicyclic) bond motifs is 2. The summed E-state index contributed by atoms with van der Waals surface area (Å²) in [5.74, 6) is 1.47. The third kappa shape index (κ3) is 4.03. The van der Waals surface area contributed by atoms with Crippen LogP contribution in [0.2, 0.25) is 0 Å². The molecule has 0 atom stereocenters. The van der Waals surface area contributed by atoms with E-state index in [0.29, 0.717) is 51.0 Å². The molecule has 0 saturated heterocycles. The van der Waals surface area contributed by atoms with Crippen molar-refractivity contribution in [3.63, 3.8) is 0 Å². The topological polar surface area (TPSA) is 80.6 Å². The number of para-hydroxylation sites is 2. The minimum Gasteiger partial charge on any atom is -0.309 e. The van der Waals surface area contributed by atoms with Gasteiger partial charge in [0.25, 0.3) is 11.1 Å². The van der Waals surface area contributed by atoms with Gasteiger partial charge in [-0.25, -0.2) is 9.97 Å². The summed E-state index contributed by atoms with van der Waals surface area (Å²) in [5, 5.41) is 1.85. The van der Waals surface area contributed by atoms with Crippen molar-refractivity contribution >= 4 is 33.6 Å². The molecule has 0 aliphatic heterocycles. The predicted octanol–water partition coefficient (Wildman–Crippen LogP) is 4.28. The first-order valence-electron chi connectivity index (χ1n) is 10.0. The fourth-order valence-corrected chi connectivity index (χ4v) is 4.29. The van der Waals surface area contributed by atoms with E-state index in [1.165, 1.54) is 11.8 Å². The van der Waals surface area contributed by atoms with Gasteiger partial charge in [-0.1, -0.05) is 49.9 Å². The third-order valence-electron chi connectivity index (χ3n) is 5.08. The molecule has 7 heteroatoms. The first-order valence-corrected chi connectivity index (χ1v) is 11.0. The monoisotopic (exact) mass is 420 g/mol. The largest absolute Gasteiger partial charge is 0.309 e. The molecule has 30 heavy (non-hydrogen) atoms. The van der Waals surface area contributed by atoms with Gasteiger partial charge in [0.15, 0.2) is 5.16 Å². The van der Waals surface area contributed by atoms with Crippen molar-refractivity contribution in [1.29, 1.82) is 0 Å². The van der Waals surface area contributed by atoms with Crippen LogP contribution in [-0.2, 0) is 12.3 Å². The number of aromatic nitrogens is 4. The lowest BCUT2D eigenvalue weighted by Crippen LogP contribution is -2.24. The number of nitrogens with zero attached hydrogens (tertiary/aromatic N) is 3. The average Bonchev–Trinajstić information content (AvgIpc) is 2.72. The van der Waals surface area contributed by atoms with E-state index in [1.807, 2.05) is 43.3 Å². The summed E-state index contributed by atoms with van der Waals surface area (Å²) in [4.78, 5) is 37.8. The van der Waals surface area contributed by atoms with Gasteiger partial charge in [-0.05, 0) is 43.0 Å². The zero-order valence-corrected chi connectivity index (χ0v) is 18.1. The van der Waals surface area contributed by atoms with Gasteiger partial charge in [0.05, 0.1) is 27.6 Å². The molecule has 0 unspecified atom stereocenters. The molecule has 2 aromatic carbocycles. The molecule has 0 aliphatic carbocycles. The van der Waals surface area contributed by atoms with Crippen molar-refractivity contribution in [2.24, 2.45) is 5.92 Å². The molecule has 2 aromatic heterocycles. The highest BCUT2D eigenvalue weighted by molar-refractivity contribution is 7.98. The maximum Gasteiger partial charge on any atom is 0.262 e. The normalized spacial score (nSPS) is 11.6. The number of hydrogen-bond donors (Lipinski definition) is 1. The van der Waals surface area contributed by atoms with E-state index in [4.69, 9.17) is 4.98 Å². The maximum absolute atomic E-state index is 13.1. The van der Waals surface area contributed by atoms with Crippen molar-refractivity contribution in [2.75, 3.05) is 0 Å². The van der Waals surface area contributed by atoms with E-state index in [0.717, 1.165) is 12.0 Å². The second-order valence-electron chi connectivity index (χ2n) is 7.82. The molecule has 0 aliphatic rings. The number of thioether (sulfide) groups is 1. The Balaban J connectivity index is 1.72. The summed E-state index contributed by atoms with van der Waals surface area (Å²) in [6.07, 6.45) is 0.887. The van der Waals surface area contributed by atoms with Crippen LogP contribution >= 0.6 is 11.8 Å². The van der Waals surface area contributed by atoms with Crippen LogP contribution in [0, 0.1) is 12.8 Å². The molecule has 4 aromatic rings. The number of nitrogens with one attached hydrogen (secondary N) is 1. The SMILES string of the molecule is Cc1cccc2c(=O)[nH]c(CSc3nc4ccccc4c(=O)n3CCC(C)C)nc12. The lowest BCUT2D eigenvalue weighted by atomic mass is 10.1. The van der Waals surface area contributed by atoms with Gasteiger partial charge < -0.3 is 4.98 Å². The number of hydrogen-bond acceptors (Lipinski definition) is 5. The fourth-order valence-electron chi connectivity index (χ4n) is 3.40. The van der Waals surface area contributed by atoms with Gasteiger partial charge >= 0.3 is 0 Å². The molecule has 0 saturated carbocycles. The summed E-state index contributed by atoms with van der Waals surface area (Å²) in [6.45, 7) is 6.83. The second kappa shape index (κ2) is 8.44. The summed E-state index contributed by atoms with van der Waals surface area (Å²) < 4.78 is 1.75. The first kappa shape index (κ1) is 20.3. The van der Waals surface area contributed by atoms with E-state index in [1.54, 1.807) is 10.6 Å². The number of aryl methyl sites for hydroxylation is 1. The molecule has 0 radical (unpaired) electrons. The number of H-pyrrole nitrogens is 1. The maximum atomic E-state index is 13.1. The van der Waals surface area contributed by atoms with E-state index >= 15 is 0 Å². The van der Waals surface area contributed by atoms with Crippen molar-refractivity contribution in [2.45, 2.75) is 44.6 Å². The predicted molar refractivity (Wildman–Crippen MR) is 122 cm³/mol. The van der Waals surface area contributed by atoms with Crippen LogP contribution in [-0.4, -0.2) is 19.5 Å². The molecule has 0 fully saturated rings. The lowest BCUT2D eigenvalue weighted by Gasteiger charge is -2.14. The van der Waals surface area contributed by atoms with Crippen LogP contribution < -0.4 is 11.1 Å². The number of benzene rings is 2. The number of rotatable bonds is 6. The van der Waals surface area contributed by atoms with Crippen LogP contribution in [0.5, 0.6) is 0 Å². The Morgan fingerprint density at radius 2 is 1.80 bits per heavy atom. The molecule has 4 rings (SSSR count). The quantitative estimate of drug-likeness (QED) is 0.372. The molecule has 0 amide bonds. The zero-order valence-electron chi connectivity index (χ0n) is 17.3. The first-order chi connectivity index (χ1) is 14.4. The standard InChI is InChI=1S/C23H24N4O2S/c1-14(2)11-12-27-22(29)16-8-4-5-10-18(16)24-23(27)30-13-19-25-20-15(3)7-6-9-17(20)21(28)26-19/h4-10,14H,11-13H2,1-3H3,(H,25,26,28). The number of aromatic amines is 1. The van der Waals surface area contributed by atoms with Gasteiger partial charge in [-0.15, -0.1) is 0 Å².